The predicted molar refractivity (Wildman–Crippen MR) is 95.0 cm³/mol. The van der Waals surface area contributed by atoms with Gasteiger partial charge >= 0.3 is 0 Å². The fourth-order valence-corrected chi connectivity index (χ4v) is 6.22. The lowest BCUT2D eigenvalue weighted by molar-refractivity contribution is -0.110. The van der Waals surface area contributed by atoms with Crippen molar-refractivity contribution in [2.75, 3.05) is 13.3 Å². The van der Waals surface area contributed by atoms with Gasteiger partial charge in [-0.3, -0.25) is 0 Å². The third-order valence-corrected chi connectivity index (χ3v) is 7.89. The number of nitrogens with one attached hydrogen (secondary N) is 1. The molecule has 0 bridgehead atoms. The van der Waals surface area contributed by atoms with Crippen molar-refractivity contribution >= 4 is 26.1 Å². The molecule has 2 fully saturated rings. The topological polar surface area (TPSA) is 121 Å². The molecule has 1 saturated heterocycles. The van der Waals surface area contributed by atoms with Gasteiger partial charge in [0.05, 0.1) is 15.8 Å². The van der Waals surface area contributed by atoms with E-state index in [0.717, 1.165) is 25.5 Å². The van der Waals surface area contributed by atoms with Gasteiger partial charge in [0.1, 0.15) is 6.29 Å². The predicted octanol–water partition coefficient (Wildman–Crippen LogP) is 0.816. The van der Waals surface area contributed by atoms with Gasteiger partial charge in [0.25, 0.3) is 0 Å². The number of nitrogens with zero attached hydrogens (tertiary/aromatic N) is 1. The van der Waals surface area contributed by atoms with Crippen LogP contribution in [0.3, 0.4) is 0 Å². The summed E-state index contributed by atoms with van der Waals surface area (Å²) in [6, 6.07) is 4.45. The van der Waals surface area contributed by atoms with Crippen LogP contribution in [-0.2, 0) is 24.7 Å². The Kier molecular flexibility index (Phi) is 6.56. The molecule has 1 aromatic carbocycles. The zero-order valence-electron chi connectivity index (χ0n) is 14.7. The van der Waals surface area contributed by atoms with Gasteiger partial charge in [0, 0.05) is 19.3 Å². The van der Waals surface area contributed by atoms with E-state index in [2.05, 4.69) is 0 Å². The van der Waals surface area contributed by atoms with E-state index in [1.165, 1.54) is 35.6 Å². The Morgan fingerprint density at radius 3 is 2.15 bits per heavy atom. The fourth-order valence-electron chi connectivity index (χ4n) is 3.74. The number of carbonyl (C=O) groups is 1. The SMILES string of the molecule is CNO.CS(=O)(=O)c1ccc(S(=O)(=O)N2[C@@H]3CCC[C@@H]3C[C@@H]2C=O)cc1. The second-order valence-electron chi connectivity index (χ2n) is 6.50. The first-order valence-electron chi connectivity index (χ1n) is 8.26. The summed E-state index contributed by atoms with van der Waals surface area (Å²) in [6.45, 7) is 0. The summed E-state index contributed by atoms with van der Waals surface area (Å²) in [5, 5.41) is 7.32. The van der Waals surface area contributed by atoms with Gasteiger partial charge in [-0.1, -0.05) is 6.42 Å². The molecular weight excluding hydrogens is 380 g/mol. The van der Waals surface area contributed by atoms with Gasteiger partial charge in [0.2, 0.25) is 10.0 Å². The van der Waals surface area contributed by atoms with Crippen molar-refractivity contribution in [3.63, 3.8) is 0 Å². The molecule has 0 aromatic heterocycles. The second kappa shape index (κ2) is 8.13. The summed E-state index contributed by atoms with van der Waals surface area (Å²) in [4.78, 5) is 11.4. The van der Waals surface area contributed by atoms with Crippen molar-refractivity contribution in [2.24, 2.45) is 5.92 Å². The minimum atomic E-state index is -3.81. The van der Waals surface area contributed by atoms with E-state index in [4.69, 9.17) is 5.21 Å². The molecule has 1 aliphatic heterocycles. The number of hydrogen-bond acceptors (Lipinski definition) is 7. The molecule has 0 amide bonds. The number of fused-ring (bicyclic) bond motifs is 1. The third kappa shape index (κ3) is 4.15. The maximum atomic E-state index is 12.9. The van der Waals surface area contributed by atoms with Crippen LogP contribution in [0.15, 0.2) is 34.1 Å². The lowest BCUT2D eigenvalue weighted by atomic mass is 10.0. The first-order chi connectivity index (χ1) is 12.2. The normalized spacial score (nSPS) is 26.0. The molecule has 1 aliphatic carbocycles. The molecule has 8 nitrogen and oxygen atoms in total. The minimum Gasteiger partial charge on any atom is -0.317 e. The number of carbonyl (C=O) groups excluding carboxylic acids is 1. The van der Waals surface area contributed by atoms with Crippen molar-refractivity contribution in [1.29, 1.82) is 0 Å². The number of aldehydes is 1. The number of sulfonamides is 1. The molecule has 0 spiro atoms. The van der Waals surface area contributed by atoms with Gasteiger partial charge in [-0.15, -0.1) is 0 Å². The smallest absolute Gasteiger partial charge is 0.243 e. The number of hydrogen-bond donors (Lipinski definition) is 2. The van der Waals surface area contributed by atoms with Gasteiger partial charge in [-0.25, -0.2) is 22.3 Å². The highest BCUT2D eigenvalue weighted by Crippen LogP contribution is 2.43. The third-order valence-electron chi connectivity index (χ3n) is 4.80. The minimum absolute atomic E-state index is 0.0318. The largest absolute Gasteiger partial charge is 0.317 e. The van der Waals surface area contributed by atoms with Crippen molar-refractivity contribution in [3.05, 3.63) is 24.3 Å². The molecule has 1 saturated carbocycles. The van der Waals surface area contributed by atoms with E-state index in [1.54, 1.807) is 5.48 Å². The van der Waals surface area contributed by atoms with E-state index < -0.39 is 25.9 Å². The monoisotopic (exact) mass is 404 g/mol. The van der Waals surface area contributed by atoms with Crippen molar-refractivity contribution in [3.8, 4) is 0 Å². The molecule has 146 valence electrons. The van der Waals surface area contributed by atoms with Crippen LogP contribution in [0.4, 0.5) is 0 Å². The summed E-state index contributed by atoms with van der Waals surface area (Å²) >= 11 is 0. The number of sulfone groups is 1. The summed E-state index contributed by atoms with van der Waals surface area (Å²) < 4.78 is 50.2. The average Bonchev–Trinajstić information content (AvgIpc) is 3.15. The molecule has 2 aliphatic rings. The van der Waals surface area contributed by atoms with Crippen molar-refractivity contribution in [1.82, 2.24) is 9.79 Å². The molecular formula is C16H24N2O6S2. The van der Waals surface area contributed by atoms with Crippen LogP contribution in [0.1, 0.15) is 25.7 Å². The van der Waals surface area contributed by atoms with Crippen LogP contribution < -0.4 is 5.48 Å². The highest BCUT2D eigenvalue weighted by Gasteiger charge is 2.49. The Balaban J connectivity index is 0.000000758. The Bertz CT molecular complexity index is 836. The van der Waals surface area contributed by atoms with Crippen molar-refractivity contribution < 1.29 is 26.8 Å². The maximum absolute atomic E-state index is 12.9. The molecule has 3 rings (SSSR count). The molecule has 0 radical (unpaired) electrons. The van der Waals surface area contributed by atoms with Gasteiger partial charge < -0.3 is 10.0 Å². The standard InChI is InChI=1S/C15H19NO5S2.CH5NO/c1-22(18,19)13-5-7-14(8-6-13)23(20,21)16-12(10-17)9-11-3-2-4-15(11)16;1-2-3/h5-8,10-12,15H,2-4,9H2,1H3;2-3H,1H3/t11-,12-,15-;/m1./s1. The molecule has 10 heteroatoms. The summed E-state index contributed by atoms with van der Waals surface area (Å²) in [7, 11) is -5.76. The maximum Gasteiger partial charge on any atom is 0.243 e. The van der Waals surface area contributed by atoms with Gasteiger partial charge in [-0.05, 0) is 49.4 Å². The number of benzene rings is 1. The van der Waals surface area contributed by atoms with Crippen LogP contribution in [0.25, 0.3) is 0 Å². The van der Waals surface area contributed by atoms with Gasteiger partial charge in [-0.2, -0.15) is 4.31 Å². The van der Waals surface area contributed by atoms with E-state index in [9.17, 15) is 21.6 Å². The molecule has 26 heavy (non-hydrogen) atoms. The zero-order chi connectivity index (χ0) is 19.5. The quantitative estimate of drug-likeness (QED) is 0.563. The summed E-state index contributed by atoms with van der Waals surface area (Å²) in [6.07, 6.45) is 5.06. The van der Waals surface area contributed by atoms with Crippen molar-refractivity contribution in [2.45, 2.75) is 47.6 Å². The number of hydroxylamine groups is 1. The number of rotatable bonds is 4. The van der Waals surface area contributed by atoms with E-state index in [0.29, 0.717) is 12.7 Å². The zero-order valence-corrected chi connectivity index (χ0v) is 16.3. The Morgan fingerprint density at radius 2 is 1.65 bits per heavy atom. The van der Waals surface area contributed by atoms with Gasteiger partial charge in [0.15, 0.2) is 9.84 Å². The average molecular weight is 405 g/mol. The highest BCUT2D eigenvalue weighted by molar-refractivity contribution is 7.90. The lowest BCUT2D eigenvalue weighted by Crippen LogP contribution is -2.41. The summed E-state index contributed by atoms with van der Waals surface area (Å²) in [5.74, 6) is 0.246. The van der Waals surface area contributed by atoms with Crippen LogP contribution in [-0.4, -0.2) is 58.0 Å². The highest BCUT2D eigenvalue weighted by atomic mass is 32.2. The second-order valence-corrected chi connectivity index (χ2v) is 10.4. The van der Waals surface area contributed by atoms with Crippen LogP contribution >= 0.6 is 0 Å². The van der Waals surface area contributed by atoms with E-state index >= 15 is 0 Å². The first kappa shape index (κ1) is 21.0. The molecule has 2 N–H and O–H groups in total. The van der Waals surface area contributed by atoms with Crippen LogP contribution in [0.2, 0.25) is 0 Å². The molecule has 1 heterocycles. The fraction of sp³-hybridized carbons (Fsp3) is 0.562. The Labute approximate surface area is 154 Å². The first-order valence-corrected chi connectivity index (χ1v) is 11.6. The van der Waals surface area contributed by atoms with Crippen LogP contribution in [0.5, 0.6) is 0 Å². The van der Waals surface area contributed by atoms with E-state index in [1.807, 2.05) is 0 Å². The Hall–Kier alpha value is -1.33. The Morgan fingerprint density at radius 1 is 1.12 bits per heavy atom. The molecule has 0 unspecified atom stereocenters. The lowest BCUT2D eigenvalue weighted by Gasteiger charge is -2.26. The molecule has 3 atom stereocenters. The van der Waals surface area contributed by atoms with E-state index in [-0.39, 0.29) is 21.8 Å². The molecule has 1 aromatic rings. The van der Waals surface area contributed by atoms with Crippen LogP contribution in [0, 0.1) is 5.92 Å². The summed E-state index contributed by atoms with van der Waals surface area (Å²) in [5.41, 5.74) is 1.75.